The van der Waals surface area contributed by atoms with Crippen LogP contribution < -0.4 is 15.0 Å². The predicted molar refractivity (Wildman–Crippen MR) is 107 cm³/mol. The van der Waals surface area contributed by atoms with Crippen LogP contribution in [0.5, 0.6) is 5.75 Å². The number of nitrogens with one attached hydrogen (secondary N) is 1. The molecule has 1 unspecified atom stereocenters. The van der Waals surface area contributed by atoms with Gasteiger partial charge in [0, 0.05) is 52.3 Å². The predicted octanol–water partition coefficient (Wildman–Crippen LogP) is 3.39. The van der Waals surface area contributed by atoms with Crippen LogP contribution in [0.15, 0.2) is 12.1 Å². The number of amides is 1. The molecular formula is C20H34N4O2. The SMILES string of the molecule is CCCN(CCC)c1cc(OCCC2CCN(C)C(=O)C2)cc(NC)n1. The first kappa shape index (κ1) is 20.3. The molecule has 6 heteroatoms. The summed E-state index contributed by atoms with van der Waals surface area (Å²) >= 11 is 0. The maximum atomic E-state index is 11.8. The average Bonchev–Trinajstić information content (AvgIpc) is 2.64. The van der Waals surface area contributed by atoms with Crippen LogP contribution in [0.4, 0.5) is 11.6 Å². The van der Waals surface area contributed by atoms with Crippen LogP contribution in [0.25, 0.3) is 0 Å². The number of hydrogen-bond donors (Lipinski definition) is 1. The van der Waals surface area contributed by atoms with Gasteiger partial charge in [-0.1, -0.05) is 13.8 Å². The molecular weight excluding hydrogens is 328 g/mol. The fourth-order valence-corrected chi connectivity index (χ4v) is 3.34. The highest BCUT2D eigenvalue weighted by molar-refractivity contribution is 5.76. The summed E-state index contributed by atoms with van der Waals surface area (Å²) in [5.41, 5.74) is 0. The zero-order chi connectivity index (χ0) is 18.9. The van der Waals surface area contributed by atoms with Crippen LogP contribution in [0.2, 0.25) is 0 Å². The van der Waals surface area contributed by atoms with Crippen molar-refractivity contribution in [3.63, 3.8) is 0 Å². The first-order valence-corrected chi connectivity index (χ1v) is 9.88. The molecule has 1 aliphatic heterocycles. The lowest BCUT2D eigenvalue weighted by molar-refractivity contribution is -0.133. The van der Waals surface area contributed by atoms with Gasteiger partial charge in [0.2, 0.25) is 5.91 Å². The summed E-state index contributed by atoms with van der Waals surface area (Å²) in [5.74, 6) is 3.31. The van der Waals surface area contributed by atoms with E-state index in [1.807, 2.05) is 31.1 Å². The Labute approximate surface area is 157 Å². The minimum absolute atomic E-state index is 0.250. The van der Waals surface area contributed by atoms with Crippen molar-refractivity contribution in [1.29, 1.82) is 0 Å². The normalized spacial score (nSPS) is 17.3. The molecule has 0 aromatic carbocycles. The second-order valence-electron chi connectivity index (χ2n) is 7.09. The molecule has 1 aliphatic rings. The Morgan fingerprint density at radius 1 is 1.31 bits per heavy atom. The maximum absolute atomic E-state index is 11.8. The van der Waals surface area contributed by atoms with Crippen LogP contribution in [-0.2, 0) is 4.79 Å². The summed E-state index contributed by atoms with van der Waals surface area (Å²) in [6.45, 7) is 7.84. The number of aromatic nitrogens is 1. The maximum Gasteiger partial charge on any atom is 0.222 e. The molecule has 6 nitrogen and oxygen atoms in total. The van der Waals surface area contributed by atoms with E-state index < -0.39 is 0 Å². The molecule has 1 atom stereocenters. The van der Waals surface area contributed by atoms with E-state index in [2.05, 4.69) is 24.1 Å². The summed E-state index contributed by atoms with van der Waals surface area (Å²) < 4.78 is 6.03. The summed E-state index contributed by atoms with van der Waals surface area (Å²) in [4.78, 5) is 20.6. The van der Waals surface area contributed by atoms with Crippen molar-refractivity contribution in [1.82, 2.24) is 9.88 Å². The second-order valence-corrected chi connectivity index (χ2v) is 7.09. The van der Waals surface area contributed by atoms with Crippen molar-refractivity contribution >= 4 is 17.5 Å². The molecule has 1 N–H and O–H groups in total. The molecule has 0 radical (unpaired) electrons. The number of nitrogens with zero attached hydrogens (tertiary/aromatic N) is 3. The van der Waals surface area contributed by atoms with Crippen LogP contribution >= 0.6 is 0 Å². The van der Waals surface area contributed by atoms with Crippen molar-refractivity contribution in [2.45, 2.75) is 46.0 Å². The molecule has 1 amide bonds. The molecule has 26 heavy (non-hydrogen) atoms. The summed E-state index contributed by atoms with van der Waals surface area (Å²) in [6, 6.07) is 3.98. The van der Waals surface area contributed by atoms with Gasteiger partial charge in [0.05, 0.1) is 6.61 Å². The third-order valence-electron chi connectivity index (χ3n) is 4.91. The molecule has 0 saturated carbocycles. The fourth-order valence-electron chi connectivity index (χ4n) is 3.34. The van der Waals surface area contributed by atoms with E-state index in [-0.39, 0.29) is 5.91 Å². The number of hydrogen-bond acceptors (Lipinski definition) is 5. The summed E-state index contributed by atoms with van der Waals surface area (Å²) in [6.07, 6.45) is 4.80. The third kappa shape index (κ3) is 5.78. The van der Waals surface area contributed by atoms with Crippen LogP contribution in [0, 0.1) is 5.92 Å². The van der Waals surface area contributed by atoms with Crippen LogP contribution in [-0.4, -0.2) is 56.1 Å². The lowest BCUT2D eigenvalue weighted by Crippen LogP contribution is -2.36. The number of rotatable bonds is 10. The molecule has 0 bridgehead atoms. The Morgan fingerprint density at radius 2 is 2.04 bits per heavy atom. The van der Waals surface area contributed by atoms with Gasteiger partial charge in [-0.15, -0.1) is 0 Å². The Kier molecular flexibility index (Phi) is 8.01. The van der Waals surface area contributed by atoms with Crippen molar-refractivity contribution in [3.8, 4) is 5.75 Å². The van der Waals surface area contributed by atoms with Gasteiger partial charge in [-0.2, -0.15) is 0 Å². The van der Waals surface area contributed by atoms with E-state index in [9.17, 15) is 4.79 Å². The number of carbonyl (C=O) groups excluding carboxylic acids is 1. The topological polar surface area (TPSA) is 57.7 Å². The molecule has 1 aromatic heterocycles. The van der Waals surface area contributed by atoms with Gasteiger partial charge in [0.25, 0.3) is 0 Å². The van der Waals surface area contributed by atoms with E-state index in [0.29, 0.717) is 18.9 Å². The van der Waals surface area contributed by atoms with E-state index in [1.54, 1.807) is 0 Å². The van der Waals surface area contributed by atoms with E-state index in [4.69, 9.17) is 9.72 Å². The lowest BCUT2D eigenvalue weighted by Gasteiger charge is -2.28. The molecule has 0 aliphatic carbocycles. The standard InChI is InChI=1S/C20H34N4O2/c1-5-9-24(10-6-2)19-15-17(14-18(21-3)22-19)26-12-8-16-7-11-23(4)20(25)13-16/h14-16H,5-13H2,1-4H3,(H,21,22). The van der Waals surface area contributed by atoms with Crippen LogP contribution in [0.3, 0.4) is 0 Å². The number of anilines is 2. The minimum Gasteiger partial charge on any atom is -0.493 e. The largest absolute Gasteiger partial charge is 0.493 e. The lowest BCUT2D eigenvalue weighted by atomic mass is 9.94. The minimum atomic E-state index is 0.250. The Morgan fingerprint density at radius 3 is 2.65 bits per heavy atom. The zero-order valence-corrected chi connectivity index (χ0v) is 16.8. The van der Waals surface area contributed by atoms with Gasteiger partial charge < -0.3 is 19.9 Å². The Hall–Kier alpha value is -1.98. The highest BCUT2D eigenvalue weighted by atomic mass is 16.5. The van der Waals surface area contributed by atoms with E-state index >= 15 is 0 Å². The van der Waals surface area contributed by atoms with Gasteiger partial charge >= 0.3 is 0 Å². The molecule has 1 aromatic rings. The molecule has 2 rings (SSSR count). The number of ether oxygens (including phenoxy) is 1. The number of likely N-dealkylation sites (tertiary alicyclic amines) is 1. The molecule has 146 valence electrons. The smallest absolute Gasteiger partial charge is 0.222 e. The van der Waals surface area contributed by atoms with Gasteiger partial charge in [-0.3, -0.25) is 4.79 Å². The van der Waals surface area contributed by atoms with Crippen molar-refractivity contribution in [2.75, 3.05) is 50.6 Å². The highest BCUT2D eigenvalue weighted by Crippen LogP contribution is 2.25. The monoisotopic (exact) mass is 362 g/mol. The molecule has 2 heterocycles. The van der Waals surface area contributed by atoms with Gasteiger partial charge in [-0.05, 0) is 31.6 Å². The highest BCUT2D eigenvalue weighted by Gasteiger charge is 2.23. The zero-order valence-electron chi connectivity index (χ0n) is 16.8. The summed E-state index contributed by atoms with van der Waals surface area (Å²) in [7, 11) is 3.76. The third-order valence-corrected chi connectivity index (χ3v) is 4.91. The Balaban J connectivity index is 1.97. The average molecular weight is 363 g/mol. The van der Waals surface area contributed by atoms with E-state index in [1.165, 1.54) is 0 Å². The quantitative estimate of drug-likeness (QED) is 0.691. The fraction of sp³-hybridized carbons (Fsp3) is 0.700. The van der Waals surface area contributed by atoms with Gasteiger partial charge in [0.15, 0.2) is 0 Å². The van der Waals surface area contributed by atoms with Crippen molar-refractivity contribution in [2.24, 2.45) is 5.92 Å². The molecule has 1 saturated heterocycles. The molecule has 0 spiro atoms. The van der Waals surface area contributed by atoms with Gasteiger partial charge in [0.1, 0.15) is 17.4 Å². The van der Waals surface area contributed by atoms with Crippen molar-refractivity contribution < 1.29 is 9.53 Å². The first-order valence-electron chi connectivity index (χ1n) is 9.88. The van der Waals surface area contributed by atoms with Crippen LogP contribution in [0.1, 0.15) is 46.0 Å². The number of pyridine rings is 1. The number of carbonyl (C=O) groups is 1. The first-order chi connectivity index (χ1) is 12.6. The second kappa shape index (κ2) is 10.2. The molecule has 1 fully saturated rings. The summed E-state index contributed by atoms with van der Waals surface area (Å²) in [5, 5.41) is 3.13. The number of piperidine rings is 1. The Bertz CT molecular complexity index is 573. The van der Waals surface area contributed by atoms with E-state index in [0.717, 1.165) is 62.7 Å². The van der Waals surface area contributed by atoms with Crippen molar-refractivity contribution in [3.05, 3.63) is 12.1 Å². The van der Waals surface area contributed by atoms with Gasteiger partial charge in [-0.25, -0.2) is 4.98 Å².